The first kappa shape index (κ1) is 22.5. The molecule has 1 aliphatic heterocycles. The Kier molecular flexibility index (Phi) is 7.06. The minimum Gasteiger partial charge on any atom is -0.497 e. The summed E-state index contributed by atoms with van der Waals surface area (Å²) >= 11 is 0. The van der Waals surface area contributed by atoms with Crippen molar-refractivity contribution in [3.63, 3.8) is 0 Å². The molecule has 1 atom stereocenters. The van der Waals surface area contributed by atoms with Gasteiger partial charge in [-0.2, -0.15) is 0 Å². The lowest BCUT2D eigenvalue weighted by atomic mass is 9.85. The third-order valence-electron chi connectivity index (χ3n) is 5.96. The highest BCUT2D eigenvalue weighted by molar-refractivity contribution is 5.96. The van der Waals surface area contributed by atoms with Crippen molar-refractivity contribution in [1.82, 2.24) is 9.47 Å². The maximum atomic E-state index is 13.0. The summed E-state index contributed by atoms with van der Waals surface area (Å²) in [6.45, 7) is 6.69. The Labute approximate surface area is 185 Å². The number of anilines is 1. The number of benzene rings is 1. The van der Waals surface area contributed by atoms with Gasteiger partial charge >= 0.3 is 0 Å². The van der Waals surface area contributed by atoms with Crippen LogP contribution in [0.25, 0.3) is 5.69 Å². The number of allylic oxidation sites excluding steroid dienone is 4. The number of hydrogen-bond donors (Lipinski definition) is 1. The molecule has 0 aliphatic carbocycles. The number of aromatic nitrogens is 1. The fourth-order valence-corrected chi connectivity index (χ4v) is 4.15. The Hall–Kier alpha value is -3.21. The normalized spacial score (nSPS) is 18.0. The van der Waals surface area contributed by atoms with Crippen LogP contribution in [0.3, 0.4) is 0 Å². The zero-order valence-electron chi connectivity index (χ0n) is 19.2. The van der Waals surface area contributed by atoms with Gasteiger partial charge in [-0.1, -0.05) is 31.2 Å². The highest BCUT2D eigenvalue weighted by Gasteiger charge is 2.37. The molecule has 2 heterocycles. The van der Waals surface area contributed by atoms with Gasteiger partial charge in [0.25, 0.3) is 5.91 Å². The minimum atomic E-state index is -0.273. The third kappa shape index (κ3) is 4.46. The fraction of sp³-hybridized carbons (Fsp3) is 0.346. The van der Waals surface area contributed by atoms with Crippen LogP contribution in [0.1, 0.15) is 39.3 Å². The Morgan fingerprint density at radius 3 is 2.74 bits per heavy atom. The van der Waals surface area contributed by atoms with Crippen LogP contribution in [0.15, 0.2) is 72.5 Å². The highest BCUT2D eigenvalue weighted by Crippen LogP contribution is 2.42. The molecule has 1 amide bonds. The van der Waals surface area contributed by atoms with E-state index in [1.165, 1.54) is 5.69 Å². The standard InChI is InChI=1S/C26H33N3O2/c1-6-9-12-20(11-7-2)25(30)28(4)18-16-26(8-3)24-13-10-17-29(24)23-15-14-21(31-5)19-22(23)27-26/h6-7,9-15,17,19,27H,8,16,18H2,1-5H3. The monoisotopic (exact) mass is 419 g/mol. The van der Waals surface area contributed by atoms with Crippen LogP contribution in [0, 0.1) is 0 Å². The van der Waals surface area contributed by atoms with E-state index >= 15 is 0 Å². The number of nitrogens with one attached hydrogen (secondary N) is 1. The molecule has 0 saturated carbocycles. The van der Waals surface area contributed by atoms with Crippen LogP contribution in [0.5, 0.6) is 5.75 Å². The number of amides is 1. The van der Waals surface area contributed by atoms with Crippen molar-refractivity contribution >= 4 is 11.6 Å². The first-order chi connectivity index (χ1) is 15.0. The maximum Gasteiger partial charge on any atom is 0.253 e. The predicted molar refractivity (Wildman–Crippen MR) is 128 cm³/mol. The molecule has 2 aromatic rings. The zero-order valence-corrected chi connectivity index (χ0v) is 19.2. The van der Waals surface area contributed by atoms with E-state index in [2.05, 4.69) is 41.2 Å². The van der Waals surface area contributed by atoms with Crippen LogP contribution in [-0.2, 0) is 10.3 Å². The lowest BCUT2D eigenvalue weighted by Gasteiger charge is -2.41. The average molecular weight is 420 g/mol. The second kappa shape index (κ2) is 9.73. The van der Waals surface area contributed by atoms with Gasteiger partial charge < -0.3 is 19.5 Å². The van der Waals surface area contributed by atoms with Gasteiger partial charge in [-0.3, -0.25) is 4.79 Å². The number of ether oxygens (including phenoxy) is 1. The minimum absolute atomic E-state index is 0.0238. The summed E-state index contributed by atoms with van der Waals surface area (Å²) in [6, 6.07) is 10.4. The molecular weight excluding hydrogens is 386 g/mol. The number of carbonyl (C=O) groups is 1. The molecule has 5 nitrogen and oxygen atoms in total. The van der Waals surface area contributed by atoms with Gasteiger partial charge in [0.1, 0.15) is 5.75 Å². The molecule has 0 fully saturated rings. The molecule has 1 N–H and O–H groups in total. The lowest BCUT2D eigenvalue weighted by molar-refractivity contribution is -0.125. The Morgan fingerprint density at radius 2 is 2.06 bits per heavy atom. The third-order valence-corrected chi connectivity index (χ3v) is 5.96. The van der Waals surface area contributed by atoms with Crippen molar-refractivity contribution in [3.05, 3.63) is 78.2 Å². The molecule has 1 unspecified atom stereocenters. The van der Waals surface area contributed by atoms with E-state index in [0.717, 1.165) is 30.0 Å². The van der Waals surface area contributed by atoms with Crippen molar-refractivity contribution in [2.24, 2.45) is 0 Å². The maximum absolute atomic E-state index is 13.0. The van der Waals surface area contributed by atoms with Gasteiger partial charge in [0, 0.05) is 37.1 Å². The molecule has 1 aliphatic rings. The van der Waals surface area contributed by atoms with Crippen LogP contribution in [-0.4, -0.2) is 36.1 Å². The van der Waals surface area contributed by atoms with E-state index in [1.807, 2.05) is 68.3 Å². The summed E-state index contributed by atoms with van der Waals surface area (Å²) in [5.74, 6) is 0.847. The summed E-state index contributed by atoms with van der Waals surface area (Å²) in [7, 11) is 3.56. The van der Waals surface area contributed by atoms with E-state index in [4.69, 9.17) is 4.74 Å². The smallest absolute Gasteiger partial charge is 0.253 e. The first-order valence-corrected chi connectivity index (χ1v) is 10.8. The summed E-state index contributed by atoms with van der Waals surface area (Å²) in [5.41, 5.74) is 3.78. The van der Waals surface area contributed by atoms with E-state index in [0.29, 0.717) is 12.1 Å². The fourth-order valence-electron chi connectivity index (χ4n) is 4.15. The molecule has 1 aromatic heterocycles. The molecule has 1 aromatic carbocycles. The number of hydrogen-bond acceptors (Lipinski definition) is 3. The van der Waals surface area contributed by atoms with Crippen LogP contribution >= 0.6 is 0 Å². The second-order valence-electron chi connectivity index (χ2n) is 7.83. The molecule has 164 valence electrons. The topological polar surface area (TPSA) is 46.5 Å². The van der Waals surface area contributed by atoms with E-state index < -0.39 is 0 Å². The number of carbonyl (C=O) groups excluding carboxylic acids is 1. The number of rotatable bonds is 8. The highest BCUT2D eigenvalue weighted by atomic mass is 16.5. The zero-order chi connectivity index (χ0) is 22.4. The van der Waals surface area contributed by atoms with Gasteiger partial charge in [-0.25, -0.2) is 0 Å². The quantitative estimate of drug-likeness (QED) is 0.457. The average Bonchev–Trinajstić information content (AvgIpc) is 3.30. The van der Waals surface area contributed by atoms with Crippen molar-refractivity contribution in [1.29, 1.82) is 0 Å². The summed E-state index contributed by atoms with van der Waals surface area (Å²) < 4.78 is 7.69. The summed E-state index contributed by atoms with van der Waals surface area (Å²) in [6.07, 6.45) is 13.2. The van der Waals surface area contributed by atoms with Crippen LogP contribution in [0.2, 0.25) is 0 Å². The molecule has 5 heteroatoms. The van der Waals surface area contributed by atoms with Crippen molar-refractivity contribution < 1.29 is 9.53 Å². The van der Waals surface area contributed by atoms with Crippen LogP contribution < -0.4 is 10.1 Å². The largest absolute Gasteiger partial charge is 0.497 e. The molecular formula is C26H33N3O2. The molecule has 31 heavy (non-hydrogen) atoms. The molecule has 0 spiro atoms. The van der Waals surface area contributed by atoms with Gasteiger partial charge in [-0.15, -0.1) is 0 Å². The Bertz CT molecular complexity index is 1020. The number of methoxy groups -OCH3 is 1. The predicted octanol–water partition coefficient (Wildman–Crippen LogP) is 5.44. The van der Waals surface area contributed by atoms with Crippen molar-refractivity contribution in [2.75, 3.05) is 26.0 Å². The number of fused-ring (bicyclic) bond motifs is 3. The summed E-state index contributed by atoms with van der Waals surface area (Å²) in [4.78, 5) is 14.8. The second-order valence-corrected chi connectivity index (χ2v) is 7.83. The molecule has 3 rings (SSSR count). The first-order valence-electron chi connectivity index (χ1n) is 10.8. The van der Waals surface area contributed by atoms with Crippen molar-refractivity contribution in [2.45, 2.75) is 39.2 Å². The molecule has 0 radical (unpaired) electrons. The number of likely N-dealkylation sites (N-methyl/N-ethyl adjacent to an activating group) is 1. The summed E-state index contributed by atoms with van der Waals surface area (Å²) in [5, 5.41) is 3.78. The molecule has 0 bridgehead atoms. The molecule has 0 saturated heterocycles. The van der Waals surface area contributed by atoms with Gasteiger partial charge in [0.15, 0.2) is 0 Å². The van der Waals surface area contributed by atoms with E-state index in [-0.39, 0.29) is 11.4 Å². The van der Waals surface area contributed by atoms with E-state index in [1.54, 1.807) is 7.11 Å². The van der Waals surface area contributed by atoms with Crippen LogP contribution in [0.4, 0.5) is 5.69 Å². The SMILES string of the molecule is CC=CC=C(C=CC)C(=O)N(C)CCC1(CC)Nc2cc(OC)ccc2-n2cccc21. The Balaban J connectivity index is 1.87. The van der Waals surface area contributed by atoms with E-state index in [9.17, 15) is 4.79 Å². The van der Waals surface area contributed by atoms with Gasteiger partial charge in [0.2, 0.25) is 0 Å². The van der Waals surface area contributed by atoms with Gasteiger partial charge in [0.05, 0.1) is 24.0 Å². The Morgan fingerprint density at radius 1 is 1.26 bits per heavy atom. The lowest BCUT2D eigenvalue weighted by Crippen LogP contribution is -2.43. The van der Waals surface area contributed by atoms with Gasteiger partial charge in [-0.05, 0) is 57.0 Å². The van der Waals surface area contributed by atoms with Crippen molar-refractivity contribution in [3.8, 4) is 11.4 Å². The number of nitrogens with zero attached hydrogens (tertiary/aromatic N) is 2.